The van der Waals surface area contributed by atoms with E-state index in [0.717, 1.165) is 28.6 Å². The molecule has 0 fully saturated rings. The summed E-state index contributed by atoms with van der Waals surface area (Å²) in [7, 11) is 0. The number of carbonyl (C=O) groups excluding carboxylic acids is 1. The fourth-order valence-corrected chi connectivity index (χ4v) is 4.36. The van der Waals surface area contributed by atoms with Crippen LogP contribution >= 0.6 is 0 Å². The zero-order valence-corrected chi connectivity index (χ0v) is 18.8. The number of pyridine rings is 2. The highest BCUT2D eigenvalue weighted by Crippen LogP contribution is 2.28. The molecule has 3 aromatic carbocycles. The van der Waals surface area contributed by atoms with Crippen molar-refractivity contribution in [1.82, 2.24) is 15.3 Å². The molecule has 2 aromatic heterocycles. The molecule has 0 radical (unpaired) electrons. The molecule has 5 rings (SSSR count). The molecular formula is C30H25N3O. The first-order valence-electron chi connectivity index (χ1n) is 11.5. The molecule has 0 aliphatic heterocycles. The Morgan fingerprint density at radius 3 is 2.06 bits per heavy atom. The van der Waals surface area contributed by atoms with Crippen molar-refractivity contribution in [3.8, 4) is 11.3 Å². The van der Waals surface area contributed by atoms with E-state index in [2.05, 4.69) is 58.8 Å². The Labute approximate surface area is 199 Å². The lowest BCUT2D eigenvalue weighted by Gasteiger charge is -2.19. The van der Waals surface area contributed by atoms with E-state index in [-0.39, 0.29) is 11.8 Å². The SMILES string of the molecule is O=C(NCCC(c1ccccc1)c1ccccc1)c1cc(-c2ccncc2)nc2ccccc12. The average Bonchev–Trinajstić information content (AvgIpc) is 2.92. The average molecular weight is 444 g/mol. The molecule has 0 aliphatic carbocycles. The normalized spacial score (nSPS) is 11.0. The Bertz CT molecular complexity index is 1350. The quantitative estimate of drug-likeness (QED) is 0.323. The van der Waals surface area contributed by atoms with Gasteiger partial charge in [0.2, 0.25) is 0 Å². The van der Waals surface area contributed by atoms with E-state index < -0.39 is 0 Å². The largest absolute Gasteiger partial charge is 0.352 e. The summed E-state index contributed by atoms with van der Waals surface area (Å²) in [5, 5.41) is 4.01. The van der Waals surface area contributed by atoms with Crippen LogP contribution in [0.2, 0.25) is 0 Å². The van der Waals surface area contributed by atoms with Gasteiger partial charge >= 0.3 is 0 Å². The van der Waals surface area contributed by atoms with Crippen LogP contribution in [-0.2, 0) is 0 Å². The lowest BCUT2D eigenvalue weighted by molar-refractivity contribution is 0.0954. The van der Waals surface area contributed by atoms with Crippen molar-refractivity contribution in [2.24, 2.45) is 0 Å². The third-order valence-corrected chi connectivity index (χ3v) is 6.06. The molecule has 0 bridgehead atoms. The molecule has 0 unspecified atom stereocenters. The number of fused-ring (bicyclic) bond motifs is 1. The van der Waals surface area contributed by atoms with Crippen molar-refractivity contribution in [2.75, 3.05) is 6.54 Å². The molecule has 0 aliphatic rings. The van der Waals surface area contributed by atoms with Crippen LogP contribution in [0, 0.1) is 0 Å². The number of benzene rings is 3. The molecule has 1 amide bonds. The number of para-hydroxylation sites is 1. The first kappa shape index (κ1) is 21.5. The van der Waals surface area contributed by atoms with E-state index in [4.69, 9.17) is 4.98 Å². The van der Waals surface area contributed by atoms with Gasteiger partial charge in [0, 0.05) is 35.8 Å². The second kappa shape index (κ2) is 10.1. The highest BCUT2D eigenvalue weighted by molar-refractivity contribution is 6.07. The van der Waals surface area contributed by atoms with Gasteiger partial charge in [0.05, 0.1) is 16.8 Å². The van der Waals surface area contributed by atoms with E-state index in [1.807, 2.05) is 54.6 Å². The molecule has 0 atom stereocenters. The zero-order chi connectivity index (χ0) is 23.2. The van der Waals surface area contributed by atoms with Crippen LogP contribution < -0.4 is 5.32 Å². The third kappa shape index (κ3) is 4.71. The summed E-state index contributed by atoms with van der Waals surface area (Å²) in [6.07, 6.45) is 4.28. The Morgan fingerprint density at radius 1 is 0.765 bits per heavy atom. The summed E-state index contributed by atoms with van der Waals surface area (Å²) in [6.45, 7) is 0.564. The Morgan fingerprint density at radius 2 is 1.38 bits per heavy atom. The van der Waals surface area contributed by atoms with Gasteiger partial charge in [-0.2, -0.15) is 0 Å². The minimum atomic E-state index is -0.0891. The van der Waals surface area contributed by atoms with E-state index >= 15 is 0 Å². The summed E-state index contributed by atoms with van der Waals surface area (Å²) in [5.41, 5.74) is 5.62. The van der Waals surface area contributed by atoms with Gasteiger partial charge in [-0.1, -0.05) is 78.9 Å². The maximum absolute atomic E-state index is 13.3. The number of hydrogen-bond donors (Lipinski definition) is 1. The van der Waals surface area contributed by atoms with Crippen LogP contribution in [0.3, 0.4) is 0 Å². The van der Waals surface area contributed by atoms with Crippen molar-refractivity contribution in [2.45, 2.75) is 12.3 Å². The number of nitrogens with one attached hydrogen (secondary N) is 1. The topological polar surface area (TPSA) is 54.9 Å². The summed E-state index contributed by atoms with van der Waals surface area (Å²) >= 11 is 0. The van der Waals surface area contributed by atoms with Gasteiger partial charge in [-0.15, -0.1) is 0 Å². The highest BCUT2D eigenvalue weighted by atomic mass is 16.1. The molecule has 5 aromatic rings. The third-order valence-electron chi connectivity index (χ3n) is 6.06. The van der Waals surface area contributed by atoms with Crippen LogP contribution in [-0.4, -0.2) is 22.4 Å². The smallest absolute Gasteiger partial charge is 0.252 e. The standard InChI is InChI=1S/C30H25N3O/c34-30(32-20-17-25(22-9-3-1-4-10-22)23-11-5-2-6-12-23)27-21-29(24-15-18-31-19-16-24)33-28-14-8-7-13-26(27)28/h1-16,18-19,21,25H,17,20H2,(H,32,34). The fraction of sp³-hybridized carbons (Fsp3) is 0.100. The number of carbonyl (C=O) groups is 1. The zero-order valence-electron chi connectivity index (χ0n) is 18.8. The van der Waals surface area contributed by atoms with Gasteiger partial charge in [-0.05, 0) is 41.8 Å². The Balaban J connectivity index is 1.39. The van der Waals surface area contributed by atoms with Crippen LogP contribution in [0.25, 0.3) is 22.2 Å². The molecule has 0 saturated carbocycles. The van der Waals surface area contributed by atoms with E-state index in [9.17, 15) is 4.79 Å². The molecule has 0 spiro atoms. The van der Waals surface area contributed by atoms with Gasteiger partial charge in [0.15, 0.2) is 0 Å². The minimum Gasteiger partial charge on any atom is -0.352 e. The van der Waals surface area contributed by atoms with Gasteiger partial charge < -0.3 is 5.32 Å². The number of hydrogen-bond acceptors (Lipinski definition) is 3. The number of rotatable bonds is 7. The van der Waals surface area contributed by atoms with Crippen LogP contribution in [0.1, 0.15) is 33.8 Å². The van der Waals surface area contributed by atoms with Crippen LogP contribution in [0.5, 0.6) is 0 Å². The van der Waals surface area contributed by atoms with E-state index in [1.165, 1.54) is 11.1 Å². The summed E-state index contributed by atoms with van der Waals surface area (Å²) < 4.78 is 0. The summed E-state index contributed by atoms with van der Waals surface area (Å²) in [4.78, 5) is 22.2. The molecule has 2 heterocycles. The highest BCUT2D eigenvalue weighted by Gasteiger charge is 2.17. The molecule has 0 saturated heterocycles. The van der Waals surface area contributed by atoms with E-state index in [1.54, 1.807) is 12.4 Å². The van der Waals surface area contributed by atoms with Crippen molar-refractivity contribution in [1.29, 1.82) is 0 Å². The van der Waals surface area contributed by atoms with Gasteiger partial charge in [-0.3, -0.25) is 9.78 Å². The molecule has 4 heteroatoms. The lowest BCUT2D eigenvalue weighted by Crippen LogP contribution is -2.26. The van der Waals surface area contributed by atoms with Crippen molar-refractivity contribution < 1.29 is 4.79 Å². The van der Waals surface area contributed by atoms with E-state index in [0.29, 0.717) is 12.1 Å². The maximum atomic E-state index is 13.3. The Kier molecular flexibility index (Phi) is 6.39. The predicted molar refractivity (Wildman–Crippen MR) is 137 cm³/mol. The maximum Gasteiger partial charge on any atom is 0.252 e. The van der Waals surface area contributed by atoms with Crippen molar-refractivity contribution in [3.63, 3.8) is 0 Å². The van der Waals surface area contributed by atoms with Gasteiger partial charge in [0.1, 0.15) is 0 Å². The van der Waals surface area contributed by atoms with Crippen LogP contribution in [0.15, 0.2) is 116 Å². The van der Waals surface area contributed by atoms with Gasteiger partial charge in [0.25, 0.3) is 5.91 Å². The molecule has 1 N–H and O–H groups in total. The summed E-state index contributed by atoms with van der Waals surface area (Å²) in [6, 6.07) is 34.4. The van der Waals surface area contributed by atoms with Gasteiger partial charge in [-0.25, -0.2) is 4.98 Å². The van der Waals surface area contributed by atoms with Crippen molar-refractivity contribution >= 4 is 16.8 Å². The first-order valence-corrected chi connectivity index (χ1v) is 11.5. The Hall–Kier alpha value is -4.31. The lowest BCUT2D eigenvalue weighted by atomic mass is 9.88. The second-order valence-electron chi connectivity index (χ2n) is 8.23. The second-order valence-corrected chi connectivity index (χ2v) is 8.23. The first-order chi connectivity index (χ1) is 16.8. The minimum absolute atomic E-state index is 0.0891. The summed E-state index contributed by atoms with van der Waals surface area (Å²) in [5.74, 6) is 0.123. The molecule has 4 nitrogen and oxygen atoms in total. The van der Waals surface area contributed by atoms with Crippen molar-refractivity contribution in [3.05, 3.63) is 132 Å². The number of aromatic nitrogens is 2. The predicted octanol–water partition coefficient (Wildman–Crippen LogP) is 6.25. The number of amides is 1. The monoisotopic (exact) mass is 443 g/mol. The molecule has 34 heavy (non-hydrogen) atoms. The molecular weight excluding hydrogens is 418 g/mol. The molecule has 166 valence electrons. The fourth-order valence-electron chi connectivity index (χ4n) is 4.36. The number of nitrogens with zero attached hydrogens (tertiary/aromatic N) is 2. The van der Waals surface area contributed by atoms with Crippen LogP contribution in [0.4, 0.5) is 0 Å².